The number of sulfonamides is 1. The Bertz CT molecular complexity index is 1450. The van der Waals surface area contributed by atoms with Crippen molar-refractivity contribution in [2.24, 2.45) is 7.05 Å². The number of aryl methyl sites for hydroxylation is 3. The molecule has 3 aromatic carbocycles. The first-order chi connectivity index (χ1) is 15.7. The van der Waals surface area contributed by atoms with Crippen LogP contribution in [0, 0.1) is 13.8 Å². The predicted octanol–water partition coefficient (Wildman–Crippen LogP) is 4.86. The summed E-state index contributed by atoms with van der Waals surface area (Å²) < 4.78 is 36.3. The predicted molar refractivity (Wildman–Crippen MR) is 131 cm³/mol. The summed E-state index contributed by atoms with van der Waals surface area (Å²) in [6.45, 7) is 3.67. The van der Waals surface area contributed by atoms with E-state index >= 15 is 0 Å². The van der Waals surface area contributed by atoms with Crippen LogP contribution in [-0.4, -0.2) is 26.0 Å². The number of nitrogens with zero attached hydrogens (tertiary/aromatic N) is 1. The van der Waals surface area contributed by atoms with E-state index in [1.54, 1.807) is 16.7 Å². The molecule has 8 heteroatoms. The van der Waals surface area contributed by atoms with Crippen LogP contribution in [0.25, 0.3) is 10.9 Å². The maximum Gasteiger partial charge on any atom is 0.272 e. The monoisotopic (exact) mass is 463 g/mol. The molecule has 0 aliphatic carbocycles. The molecule has 1 amide bonds. The van der Waals surface area contributed by atoms with E-state index in [4.69, 9.17) is 4.74 Å². The average molecular weight is 464 g/mol. The number of para-hydroxylation sites is 2. The van der Waals surface area contributed by atoms with Crippen molar-refractivity contribution in [3.8, 4) is 5.75 Å². The highest BCUT2D eigenvalue weighted by atomic mass is 32.2. The SMILES string of the molecule is COc1ccc(NC(=O)c2cc3ccccc3n2C)cc1S(=O)(=O)Nc1c(C)cccc1C. The Labute approximate surface area is 193 Å². The van der Waals surface area contributed by atoms with Gasteiger partial charge in [0, 0.05) is 23.6 Å². The van der Waals surface area contributed by atoms with Crippen LogP contribution in [-0.2, 0) is 17.1 Å². The molecule has 4 aromatic rings. The molecule has 7 nitrogen and oxygen atoms in total. The Kier molecular flexibility index (Phi) is 5.86. The van der Waals surface area contributed by atoms with Crippen LogP contribution in [0.4, 0.5) is 11.4 Å². The number of nitrogens with one attached hydrogen (secondary N) is 2. The molecule has 2 N–H and O–H groups in total. The summed E-state index contributed by atoms with van der Waals surface area (Å²) in [6.07, 6.45) is 0. The number of ether oxygens (including phenoxy) is 1. The van der Waals surface area contributed by atoms with E-state index in [0.29, 0.717) is 17.1 Å². The summed E-state index contributed by atoms with van der Waals surface area (Å²) in [6, 6.07) is 19.6. The van der Waals surface area contributed by atoms with Gasteiger partial charge in [-0.05, 0) is 55.3 Å². The topological polar surface area (TPSA) is 89.4 Å². The zero-order valence-electron chi connectivity index (χ0n) is 18.8. The fourth-order valence-electron chi connectivity index (χ4n) is 3.83. The Balaban J connectivity index is 1.68. The lowest BCUT2D eigenvalue weighted by Gasteiger charge is -2.16. The van der Waals surface area contributed by atoms with Crippen LogP contribution in [0.5, 0.6) is 5.75 Å². The summed E-state index contributed by atoms with van der Waals surface area (Å²) in [4.78, 5) is 12.9. The van der Waals surface area contributed by atoms with Gasteiger partial charge in [-0.2, -0.15) is 0 Å². The molecule has 33 heavy (non-hydrogen) atoms. The van der Waals surface area contributed by atoms with Crippen molar-refractivity contribution in [2.45, 2.75) is 18.7 Å². The lowest BCUT2D eigenvalue weighted by atomic mass is 10.1. The largest absolute Gasteiger partial charge is 0.495 e. The van der Waals surface area contributed by atoms with Crippen molar-refractivity contribution in [1.82, 2.24) is 4.57 Å². The third-order valence-electron chi connectivity index (χ3n) is 5.61. The van der Waals surface area contributed by atoms with Crippen molar-refractivity contribution < 1.29 is 17.9 Å². The first-order valence-electron chi connectivity index (χ1n) is 10.3. The fourth-order valence-corrected chi connectivity index (χ4v) is 5.23. The van der Waals surface area contributed by atoms with Crippen LogP contribution < -0.4 is 14.8 Å². The molecule has 0 saturated carbocycles. The van der Waals surface area contributed by atoms with Crippen LogP contribution in [0.3, 0.4) is 0 Å². The molecule has 0 radical (unpaired) electrons. The van der Waals surface area contributed by atoms with E-state index in [9.17, 15) is 13.2 Å². The average Bonchev–Trinajstić information content (AvgIpc) is 3.13. The van der Waals surface area contributed by atoms with Gasteiger partial charge in [-0.1, -0.05) is 36.4 Å². The molecular formula is C25H25N3O4S. The minimum Gasteiger partial charge on any atom is -0.495 e. The maximum absolute atomic E-state index is 13.3. The standard InChI is InChI=1S/C25H25N3O4S/c1-16-8-7-9-17(2)24(16)27-33(30,31)23-15-19(12-13-22(23)32-4)26-25(29)21-14-18-10-5-6-11-20(18)28(21)3/h5-15,27H,1-4H3,(H,26,29). The second kappa shape index (κ2) is 8.63. The maximum atomic E-state index is 13.3. The number of anilines is 2. The molecule has 4 rings (SSSR count). The second-order valence-corrected chi connectivity index (χ2v) is 9.49. The van der Waals surface area contributed by atoms with E-state index in [2.05, 4.69) is 10.0 Å². The fraction of sp³-hybridized carbons (Fsp3) is 0.160. The molecule has 0 unspecified atom stereocenters. The van der Waals surface area contributed by atoms with Gasteiger partial charge in [0.05, 0.1) is 12.8 Å². The van der Waals surface area contributed by atoms with Gasteiger partial charge in [0.25, 0.3) is 15.9 Å². The van der Waals surface area contributed by atoms with Gasteiger partial charge in [0.2, 0.25) is 0 Å². The highest BCUT2D eigenvalue weighted by Crippen LogP contribution is 2.31. The van der Waals surface area contributed by atoms with Crippen LogP contribution >= 0.6 is 0 Å². The molecule has 0 fully saturated rings. The highest BCUT2D eigenvalue weighted by molar-refractivity contribution is 7.92. The molecule has 1 aromatic heterocycles. The number of rotatable bonds is 6. The summed E-state index contributed by atoms with van der Waals surface area (Å²) in [5.41, 5.74) is 3.86. The summed E-state index contributed by atoms with van der Waals surface area (Å²) >= 11 is 0. The molecule has 0 atom stereocenters. The number of carbonyl (C=O) groups is 1. The first kappa shape index (κ1) is 22.4. The van der Waals surface area contributed by atoms with E-state index < -0.39 is 10.0 Å². The molecule has 0 aliphatic rings. The van der Waals surface area contributed by atoms with Gasteiger partial charge in [-0.3, -0.25) is 9.52 Å². The lowest BCUT2D eigenvalue weighted by Crippen LogP contribution is -2.18. The van der Waals surface area contributed by atoms with E-state index in [-0.39, 0.29) is 16.6 Å². The van der Waals surface area contributed by atoms with Crippen LogP contribution in [0.15, 0.2) is 71.6 Å². The lowest BCUT2D eigenvalue weighted by molar-refractivity contribution is 0.101. The third-order valence-corrected chi connectivity index (χ3v) is 6.98. The number of aromatic nitrogens is 1. The molecule has 0 bridgehead atoms. The van der Waals surface area contributed by atoms with Crippen molar-refractivity contribution >= 4 is 38.2 Å². The first-order valence-corrected chi connectivity index (χ1v) is 11.8. The van der Waals surface area contributed by atoms with Gasteiger partial charge in [0.1, 0.15) is 16.3 Å². The molecular weight excluding hydrogens is 438 g/mol. The number of carbonyl (C=O) groups excluding carboxylic acids is 1. The Morgan fingerprint density at radius 1 is 0.939 bits per heavy atom. The normalized spacial score (nSPS) is 11.4. The summed E-state index contributed by atoms with van der Waals surface area (Å²) in [7, 11) is -0.765. The van der Waals surface area contributed by atoms with Crippen LogP contribution in [0.1, 0.15) is 21.6 Å². The van der Waals surface area contributed by atoms with Crippen molar-refractivity contribution in [1.29, 1.82) is 0 Å². The van der Waals surface area contributed by atoms with Crippen molar-refractivity contribution in [3.63, 3.8) is 0 Å². The van der Waals surface area contributed by atoms with Crippen LogP contribution in [0.2, 0.25) is 0 Å². The van der Waals surface area contributed by atoms with E-state index in [1.807, 2.05) is 63.4 Å². The number of methoxy groups -OCH3 is 1. The van der Waals surface area contributed by atoms with Gasteiger partial charge >= 0.3 is 0 Å². The van der Waals surface area contributed by atoms with Gasteiger partial charge < -0.3 is 14.6 Å². The molecule has 0 aliphatic heterocycles. The number of amides is 1. The minimum atomic E-state index is -3.98. The Hall–Kier alpha value is -3.78. The number of hydrogen-bond donors (Lipinski definition) is 2. The molecule has 0 saturated heterocycles. The molecule has 170 valence electrons. The van der Waals surface area contributed by atoms with Gasteiger partial charge in [-0.25, -0.2) is 8.42 Å². The molecule has 1 heterocycles. The second-order valence-electron chi connectivity index (χ2n) is 7.84. The summed E-state index contributed by atoms with van der Waals surface area (Å²) in [5.74, 6) is -0.165. The number of fused-ring (bicyclic) bond motifs is 1. The molecule has 0 spiro atoms. The zero-order valence-corrected chi connectivity index (χ0v) is 19.7. The number of benzene rings is 3. The Morgan fingerprint density at radius 3 is 2.30 bits per heavy atom. The van der Waals surface area contributed by atoms with Gasteiger partial charge in [0.15, 0.2) is 0 Å². The van der Waals surface area contributed by atoms with Crippen molar-refractivity contribution in [3.05, 3.63) is 83.6 Å². The zero-order chi connectivity index (χ0) is 23.8. The van der Waals surface area contributed by atoms with Crippen molar-refractivity contribution in [2.75, 3.05) is 17.1 Å². The summed E-state index contributed by atoms with van der Waals surface area (Å²) in [5, 5.41) is 3.75. The van der Waals surface area contributed by atoms with E-state index in [1.165, 1.54) is 19.2 Å². The minimum absolute atomic E-state index is 0.0671. The smallest absolute Gasteiger partial charge is 0.272 e. The number of hydrogen-bond acceptors (Lipinski definition) is 4. The third kappa shape index (κ3) is 4.29. The highest BCUT2D eigenvalue weighted by Gasteiger charge is 2.23. The van der Waals surface area contributed by atoms with Gasteiger partial charge in [-0.15, -0.1) is 0 Å². The van der Waals surface area contributed by atoms with E-state index in [0.717, 1.165) is 22.0 Å². The Morgan fingerprint density at radius 2 is 1.64 bits per heavy atom. The quantitative estimate of drug-likeness (QED) is 0.427.